The van der Waals surface area contributed by atoms with Gasteiger partial charge in [0, 0.05) is 24.1 Å². The van der Waals surface area contributed by atoms with E-state index in [2.05, 4.69) is 41.3 Å². The van der Waals surface area contributed by atoms with Gasteiger partial charge in [-0.05, 0) is 48.7 Å². The van der Waals surface area contributed by atoms with E-state index in [0.29, 0.717) is 0 Å². The monoisotopic (exact) mass is 335 g/mol. The van der Waals surface area contributed by atoms with Crippen molar-refractivity contribution in [3.8, 4) is 0 Å². The highest BCUT2D eigenvalue weighted by atomic mass is 16.1. The van der Waals surface area contributed by atoms with Gasteiger partial charge in [-0.3, -0.25) is 4.79 Å². The highest BCUT2D eigenvalue weighted by Crippen LogP contribution is 2.20. The summed E-state index contributed by atoms with van der Waals surface area (Å²) in [6.07, 6.45) is 3.79. The van der Waals surface area contributed by atoms with Gasteiger partial charge in [-0.25, -0.2) is 0 Å². The van der Waals surface area contributed by atoms with E-state index in [9.17, 15) is 4.79 Å². The lowest BCUT2D eigenvalue weighted by Crippen LogP contribution is -3.18. The van der Waals surface area contributed by atoms with Crippen LogP contribution in [0.15, 0.2) is 48.5 Å². The van der Waals surface area contributed by atoms with Crippen LogP contribution in [0.1, 0.15) is 34.8 Å². The summed E-state index contributed by atoms with van der Waals surface area (Å²) in [5.41, 5.74) is 5.17. The van der Waals surface area contributed by atoms with Crippen molar-refractivity contribution in [2.75, 3.05) is 31.1 Å². The summed E-state index contributed by atoms with van der Waals surface area (Å²) in [4.78, 5) is 15.7. The number of anilines is 1. The summed E-state index contributed by atoms with van der Waals surface area (Å²) < 4.78 is 0. The van der Waals surface area contributed by atoms with Crippen molar-refractivity contribution in [1.29, 1.82) is 0 Å². The zero-order chi connectivity index (χ0) is 17.2. The normalized spacial score (nSPS) is 21.0. The van der Waals surface area contributed by atoms with Crippen molar-refractivity contribution >= 4 is 11.5 Å². The van der Waals surface area contributed by atoms with E-state index in [-0.39, 0.29) is 5.78 Å². The van der Waals surface area contributed by atoms with Crippen LogP contribution in [0.3, 0.4) is 0 Å². The minimum Gasteiger partial charge on any atom is -0.360 e. The first-order valence-electron chi connectivity index (χ1n) is 9.48. The molecule has 25 heavy (non-hydrogen) atoms. The first-order chi connectivity index (χ1) is 12.2. The first-order valence-corrected chi connectivity index (χ1v) is 9.48. The summed E-state index contributed by atoms with van der Waals surface area (Å²) in [5.74, 6) is 0.137. The smallest absolute Gasteiger partial charge is 0.159 e. The average molecular weight is 335 g/mol. The van der Waals surface area contributed by atoms with Gasteiger partial charge in [0.15, 0.2) is 5.78 Å². The Hall–Kier alpha value is -2.13. The molecule has 0 amide bonds. The van der Waals surface area contributed by atoms with Gasteiger partial charge in [0.25, 0.3) is 0 Å². The molecule has 2 aromatic rings. The summed E-state index contributed by atoms with van der Waals surface area (Å²) in [5, 5.41) is 0. The number of fused-ring (bicyclic) bond motifs is 1. The molecule has 0 radical (unpaired) electrons. The molecule has 2 aromatic carbocycles. The Kier molecular flexibility index (Phi) is 4.58. The van der Waals surface area contributed by atoms with Gasteiger partial charge >= 0.3 is 0 Å². The predicted molar refractivity (Wildman–Crippen MR) is 102 cm³/mol. The van der Waals surface area contributed by atoms with Crippen LogP contribution in [0.25, 0.3) is 0 Å². The molecule has 1 heterocycles. The maximum Gasteiger partial charge on any atom is 0.159 e. The zero-order valence-electron chi connectivity index (χ0n) is 15.0. The Balaban J connectivity index is 1.36. The third-order valence-corrected chi connectivity index (χ3v) is 5.97. The lowest BCUT2D eigenvalue weighted by atomic mass is 9.87. The number of ketones is 1. The van der Waals surface area contributed by atoms with Gasteiger partial charge in [0.05, 0.1) is 32.2 Å². The van der Waals surface area contributed by atoms with E-state index in [1.54, 1.807) is 23.0 Å². The molecule has 4 rings (SSSR count). The first kappa shape index (κ1) is 16.3. The van der Waals surface area contributed by atoms with Gasteiger partial charge in [0.1, 0.15) is 0 Å². The fraction of sp³-hybridized carbons (Fsp3) is 0.409. The molecule has 1 saturated heterocycles. The molecular formula is C22H27N2O+. The maximum atomic E-state index is 11.4. The summed E-state index contributed by atoms with van der Waals surface area (Å²) >= 11 is 0. The molecule has 2 aliphatic rings. The fourth-order valence-corrected chi connectivity index (χ4v) is 4.41. The van der Waals surface area contributed by atoms with Gasteiger partial charge < -0.3 is 9.80 Å². The van der Waals surface area contributed by atoms with Gasteiger partial charge in [-0.2, -0.15) is 0 Å². The summed E-state index contributed by atoms with van der Waals surface area (Å²) in [6, 6.07) is 17.8. The molecule has 3 heteroatoms. The van der Waals surface area contributed by atoms with Crippen molar-refractivity contribution in [3.05, 3.63) is 65.2 Å². The quantitative estimate of drug-likeness (QED) is 0.870. The number of nitrogens with zero attached hydrogens (tertiary/aromatic N) is 1. The van der Waals surface area contributed by atoms with Crippen LogP contribution in [0.5, 0.6) is 0 Å². The van der Waals surface area contributed by atoms with Crippen molar-refractivity contribution in [2.45, 2.75) is 32.2 Å². The van der Waals surface area contributed by atoms with E-state index < -0.39 is 0 Å². The molecule has 1 aliphatic heterocycles. The molecule has 0 aromatic heterocycles. The van der Waals surface area contributed by atoms with Gasteiger partial charge in [-0.1, -0.05) is 24.3 Å². The predicted octanol–water partition coefficient (Wildman–Crippen LogP) is 2.15. The summed E-state index contributed by atoms with van der Waals surface area (Å²) in [6.45, 7) is 6.25. The van der Waals surface area contributed by atoms with E-state index in [1.807, 2.05) is 12.1 Å². The Morgan fingerprint density at radius 1 is 1.00 bits per heavy atom. The van der Waals surface area contributed by atoms with Crippen LogP contribution >= 0.6 is 0 Å². The molecule has 0 unspecified atom stereocenters. The molecule has 1 atom stereocenters. The molecule has 1 fully saturated rings. The Bertz CT molecular complexity index is 745. The van der Waals surface area contributed by atoms with Crippen LogP contribution in [0.4, 0.5) is 5.69 Å². The van der Waals surface area contributed by atoms with Crippen molar-refractivity contribution in [2.24, 2.45) is 0 Å². The summed E-state index contributed by atoms with van der Waals surface area (Å²) in [7, 11) is 0. The average Bonchev–Trinajstić information content (AvgIpc) is 2.68. The Morgan fingerprint density at radius 3 is 2.36 bits per heavy atom. The number of nitrogens with one attached hydrogen (secondary N) is 1. The van der Waals surface area contributed by atoms with Crippen LogP contribution in [-0.4, -0.2) is 38.0 Å². The number of hydrogen-bond acceptors (Lipinski definition) is 2. The Morgan fingerprint density at radius 2 is 1.68 bits per heavy atom. The van der Waals surface area contributed by atoms with Crippen LogP contribution in [0, 0.1) is 0 Å². The largest absolute Gasteiger partial charge is 0.360 e. The van der Waals surface area contributed by atoms with Crippen LogP contribution in [-0.2, 0) is 12.8 Å². The maximum absolute atomic E-state index is 11.4. The third kappa shape index (κ3) is 3.47. The standard InChI is InChI=1S/C22H26N2O/c1-17(25)18-6-9-21(10-7-18)23-12-14-24(15-13-23)22-11-8-19-4-2-3-5-20(19)16-22/h2-7,9-10,22H,8,11-16H2,1H3/p+1/t22-/m0/s1. The minimum absolute atomic E-state index is 0.137. The van der Waals surface area contributed by atoms with Crippen molar-refractivity contribution in [1.82, 2.24) is 0 Å². The number of aryl methyl sites for hydroxylation is 1. The van der Waals surface area contributed by atoms with Crippen LogP contribution < -0.4 is 9.80 Å². The lowest BCUT2D eigenvalue weighted by molar-refractivity contribution is -0.926. The van der Waals surface area contributed by atoms with Gasteiger partial charge in [0.2, 0.25) is 0 Å². The second-order valence-electron chi connectivity index (χ2n) is 7.46. The van der Waals surface area contributed by atoms with E-state index in [1.165, 1.54) is 38.0 Å². The van der Waals surface area contributed by atoms with E-state index in [0.717, 1.165) is 24.7 Å². The molecule has 0 bridgehead atoms. The van der Waals surface area contributed by atoms with Gasteiger partial charge in [-0.15, -0.1) is 0 Å². The van der Waals surface area contributed by atoms with Crippen LogP contribution in [0.2, 0.25) is 0 Å². The highest BCUT2D eigenvalue weighted by Gasteiger charge is 2.30. The molecule has 1 aliphatic carbocycles. The third-order valence-electron chi connectivity index (χ3n) is 5.97. The molecule has 1 N–H and O–H groups in total. The van der Waals surface area contributed by atoms with Crippen molar-refractivity contribution < 1.29 is 9.69 Å². The molecule has 3 nitrogen and oxygen atoms in total. The number of hydrogen-bond donors (Lipinski definition) is 1. The topological polar surface area (TPSA) is 24.8 Å². The number of Topliss-reactive ketones (excluding diaryl/α,β-unsaturated/α-hetero) is 1. The highest BCUT2D eigenvalue weighted by molar-refractivity contribution is 5.94. The zero-order valence-corrected chi connectivity index (χ0v) is 15.0. The second-order valence-corrected chi connectivity index (χ2v) is 7.46. The van der Waals surface area contributed by atoms with E-state index >= 15 is 0 Å². The number of carbonyl (C=O) groups is 1. The number of piperazine rings is 1. The fourth-order valence-electron chi connectivity index (χ4n) is 4.41. The van der Waals surface area contributed by atoms with Crippen molar-refractivity contribution in [3.63, 3.8) is 0 Å². The van der Waals surface area contributed by atoms with E-state index in [4.69, 9.17) is 0 Å². The lowest BCUT2D eigenvalue weighted by Gasteiger charge is -2.39. The Labute approximate surface area is 150 Å². The number of quaternary nitrogens is 1. The number of rotatable bonds is 3. The second kappa shape index (κ2) is 7.01. The minimum atomic E-state index is 0.137. The number of carbonyl (C=O) groups excluding carboxylic acids is 1. The molecular weight excluding hydrogens is 308 g/mol. The number of benzene rings is 2. The molecule has 130 valence electrons. The SMILES string of the molecule is CC(=O)c1ccc(N2CC[NH+]([C@H]3CCc4ccccc4C3)CC2)cc1. The molecule has 0 saturated carbocycles. The molecule has 0 spiro atoms.